The number of nitrogens with zero attached hydrogens (tertiary/aromatic N) is 4. The van der Waals surface area contributed by atoms with E-state index in [9.17, 15) is 0 Å². The van der Waals surface area contributed by atoms with Crippen LogP contribution in [0.1, 0.15) is 46.1 Å². The van der Waals surface area contributed by atoms with Gasteiger partial charge < -0.3 is 0 Å². The van der Waals surface area contributed by atoms with Gasteiger partial charge in [-0.1, -0.05) is 75.3 Å². The molecule has 0 aliphatic carbocycles. The Hall–Kier alpha value is -3.86. The molecule has 0 N–H and O–H groups in total. The summed E-state index contributed by atoms with van der Waals surface area (Å²) in [6, 6.07) is 22.2. The first-order chi connectivity index (χ1) is 19.5. The Morgan fingerprint density at radius 3 is 2.52 bits per heavy atom. The van der Waals surface area contributed by atoms with Crippen LogP contribution >= 0.6 is 0 Å². The number of pyridine rings is 2. The van der Waals surface area contributed by atoms with Gasteiger partial charge in [0.25, 0.3) is 11.5 Å². The molecule has 0 spiro atoms. The van der Waals surface area contributed by atoms with Gasteiger partial charge in [-0.05, 0) is 50.5 Å². The van der Waals surface area contributed by atoms with Crippen LogP contribution < -0.4 is 13.9 Å². The molecule has 200 valence electrons. The summed E-state index contributed by atoms with van der Waals surface area (Å²) >= 11 is 0. The summed E-state index contributed by atoms with van der Waals surface area (Å²) in [5.41, 5.74) is 3.84. The summed E-state index contributed by atoms with van der Waals surface area (Å²) in [4.78, 5) is 2.52. The van der Waals surface area contributed by atoms with Crippen LogP contribution in [0.15, 0.2) is 104 Å². The number of aryl methyl sites for hydroxylation is 1. The summed E-state index contributed by atoms with van der Waals surface area (Å²) in [6.45, 7) is 13.3. The highest BCUT2D eigenvalue weighted by atomic mass is 15.3. The Balaban J connectivity index is 1.45. The molecule has 2 aliphatic heterocycles. The maximum Gasteiger partial charge on any atom is 0.416 e. The fourth-order valence-corrected chi connectivity index (χ4v) is 8.59. The lowest BCUT2D eigenvalue weighted by atomic mass is 9.29. The highest BCUT2D eigenvalue weighted by Crippen LogP contribution is 2.59. The number of allylic oxidation sites excluding steroid dienone is 2. The molecule has 0 saturated heterocycles. The summed E-state index contributed by atoms with van der Waals surface area (Å²) in [5, 5.41) is 4.00. The number of anilines is 1. The summed E-state index contributed by atoms with van der Waals surface area (Å²) < 4.78 is 7.52. The normalized spacial score (nSPS) is 22.7. The monoisotopic (exact) mass is 526 g/mol. The van der Waals surface area contributed by atoms with Crippen molar-refractivity contribution in [3.8, 4) is 0 Å². The molecule has 3 unspecified atom stereocenters. The second-order valence-corrected chi connectivity index (χ2v) is 12.1. The Kier molecular flexibility index (Phi) is 5.71. The van der Waals surface area contributed by atoms with E-state index >= 15 is 0 Å². The van der Waals surface area contributed by atoms with Gasteiger partial charge in [0, 0.05) is 28.1 Å². The predicted octanol–water partition coefficient (Wildman–Crippen LogP) is 7.18. The predicted molar refractivity (Wildman–Crippen MR) is 167 cm³/mol. The molecule has 0 saturated carbocycles. The SMILES string of the molecule is CCC1(C(C)C[n+]2ccn3c4ccccc4c4cccc(C)c4c32)B2C=CC=CN2c2cccc[n+]2C1(C)CC. The van der Waals surface area contributed by atoms with E-state index in [1.165, 1.54) is 38.7 Å². The molecular weight excluding hydrogens is 487 g/mol. The highest BCUT2D eigenvalue weighted by Gasteiger charge is 2.67. The number of rotatable bonds is 5. The van der Waals surface area contributed by atoms with Crippen LogP contribution in [0, 0.1) is 12.8 Å². The van der Waals surface area contributed by atoms with E-state index in [1.807, 2.05) is 0 Å². The van der Waals surface area contributed by atoms with Crippen molar-refractivity contribution in [2.24, 2.45) is 5.92 Å². The van der Waals surface area contributed by atoms with Crippen molar-refractivity contribution >= 4 is 40.0 Å². The highest BCUT2D eigenvalue weighted by molar-refractivity contribution is 6.72. The molecular formula is C35H39BN4+2. The van der Waals surface area contributed by atoms with Crippen LogP contribution in [0.3, 0.4) is 0 Å². The molecule has 5 heterocycles. The molecule has 7 rings (SSSR count). The quantitative estimate of drug-likeness (QED) is 0.135. The Morgan fingerprint density at radius 2 is 1.70 bits per heavy atom. The Morgan fingerprint density at radius 1 is 0.900 bits per heavy atom. The van der Waals surface area contributed by atoms with Crippen molar-refractivity contribution in [1.29, 1.82) is 0 Å². The van der Waals surface area contributed by atoms with Gasteiger partial charge in [0.2, 0.25) is 0 Å². The van der Waals surface area contributed by atoms with Crippen molar-refractivity contribution in [3.05, 3.63) is 109 Å². The Labute approximate surface area is 238 Å². The maximum atomic E-state index is 2.57. The van der Waals surface area contributed by atoms with Crippen molar-refractivity contribution in [2.75, 3.05) is 4.81 Å². The van der Waals surface area contributed by atoms with Gasteiger partial charge in [0.1, 0.15) is 23.4 Å². The first kappa shape index (κ1) is 25.1. The van der Waals surface area contributed by atoms with Crippen LogP contribution in [0.2, 0.25) is 5.31 Å². The zero-order chi connectivity index (χ0) is 27.6. The standard InChI is InChI=1S/C35H39BN4/c1-6-34(5)35(7-2,36-20-11-13-22-40(36)31-19-10-12-21-39(31)34)27(4)25-37-23-24-38-30-18-9-8-16-28(30)29-17-14-15-26(3)32(29)33(37)38/h8-24,27H,6-7,25H2,1-5H3/q+2. The number of fused-ring (bicyclic) bond motifs is 9. The smallest absolute Gasteiger partial charge is 0.292 e. The summed E-state index contributed by atoms with van der Waals surface area (Å²) in [7, 11) is 0. The number of imidazole rings is 1. The average molecular weight is 527 g/mol. The van der Waals surface area contributed by atoms with Gasteiger partial charge >= 0.3 is 6.85 Å². The van der Waals surface area contributed by atoms with E-state index < -0.39 is 0 Å². The van der Waals surface area contributed by atoms with Crippen molar-refractivity contribution < 1.29 is 9.13 Å². The number of hydrogen-bond donors (Lipinski definition) is 0. The molecule has 5 heteroatoms. The second kappa shape index (κ2) is 9.09. The van der Waals surface area contributed by atoms with Crippen LogP contribution in [0.4, 0.5) is 5.82 Å². The first-order valence-electron chi connectivity index (χ1n) is 14.9. The third kappa shape index (κ3) is 3.15. The molecule has 3 atom stereocenters. The van der Waals surface area contributed by atoms with Crippen molar-refractivity contribution in [1.82, 2.24) is 4.40 Å². The molecule has 0 amide bonds. The van der Waals surface area contributed by atoms with E-state index in [1.54, 1.807) is 0 Å². The molecule has 3 aromatic heterocycles. The first-order valence-corrected chi connectivity index (χ1v) is 14.9. The van der Waals surface area contributed by atoms with Crippen LogP contribution in [-0.4, -0.2) is 11.2 Å². The minimum absolute atomic E-state index is 0.00495. The second-order valence-electron chi connectivity index (χ2n) is 12.1. The van der Waals surface area contributed by atoms with E-state index in [-0.39, 0.29) is 10.9 Å². The molecule has 0 radical (unpaired) electrons. The van der Waals surface area contributed by atoms with E-state index in [0.29, 0.717) is 12.8 Å². The van der Waals surface area contributed by atoms with Crippen LogP contribution in [0.25, 0.3) is 27.3 Å². The zero-order valence-corrected chi connectivity index (χ0v) is 24.4. The van der Waals surface area contributed by atoms with E-state index in [0.717, 1.165) is 19.4 Å². The van der Waals surface area contributed by atoms with Crippen LogP contribution in [0.5, 0.6) is 0 Å². The fourth-order valence-electron chi connectivity index (χ4n) is 8.59. The fraction of sp³-hybridized carbons (Fsp3) is 0.314. The number of hydrogen-bond acceptors (Lipinski definition) is 1. The van der Waals surface area contributed by atoms with Gasteiger partial charge in [-0.2, -0.15) is 4.40 Å². The van der Waals surface area contributed by atoms with Gasteiger partial charge in [-0.25, -0.2) is 9.13 Å². The third-order valence-electron chi connectivity index (χ3n) is 10.6. The third-order valence-corrected chi connectivity index (χ3v) is 10.6. The lowest BCUT2D eigenvalue weighted by Crippen LogP contribution is -2.75. The van der Waals surface area contributed by atoms with E-state index in [4.69, 9.17) is 0 Å². The minimum Gasteiger partial charge on any atom is -0.292 e. The number of aromatic nitrogens is 3. The Bertz CT molecular complexity index is 1830. The van der Waals surface area contributed by atoms with Gasteiger partial charge in [0.15, 0.2) is 0 Å². The molecule has 5 aromatic rings. The van der Waals surface area contributed by atoms with Crippen LogP contribution in [-0.2, 0) is 12.1 Å². The molecule has 40 heavy (non-hydrogen) atoms. The lowest BCUT2D eigenvalue weighted by Gasteiger charge is -2.55. The molecule has 2 aliphatic rings. The molecule has 0 bridgehead atoms. The van der Waals surface area contributed by atoms with Gasteiger partial charge in [0.05, 0.1) is 24.3 Å². The summed E-state index contributed by atoms with van der Waals surface area (Å²) in [5.74, 6) is 4.14. The molecule has 2 aromatic carbocycles. The van der Waals surface area contributed by atoms with Gasteiger partial charge in [-0.15, -0.1) is 0 Å². The lowest BCUT2D eigenvalue weighted by molar-refractivity contribution is -0.763. The minimum atomic E-state index is -0.0464. The molecule has 4 nitrogen and oxygen atoms in total. The largest absolute Gasteiger partial charge is 0.416 e. The van der Waals surface area contributed by atoms with Crippen molar-refractivity contribution in [2.45, 2.75) is 64.9 Å². The molecule has 0 fully saturated rings. The topological polar surface area (TPSA) is 15.4 Å². The number of para-hydroxylation sites is 1. The number of benzene rings is 2. The summed E-state index contributed by atoms with van der Waals surface area (Å²) in [6.07, 6.45) is 15.8. The zero-order valence-electron chi connectivity index (χ0n) is 24.4. The van der Waals surface area contributed by atoms with Crippen molar-refractivity contribution in [3.63, 3.8) is 0 Å². The van der Waals surface area contributed by atoms with E-state index in [2.05, 4.69) is 157 Å². The average Bonchev–Trinajstić information content (AvgIpc) is 3.41. The maximum absolute atomic E-state index is 2.57. The van der Waals surface area contributed by atoms with Gasteiger partial charge in [-0.3, -0.25) is 4.81 Å².